The Balaban J connectivity index is 2.16. The van der Waals surface area contributed by atoms with Gasteiger partial charge < -0.3 is 5.32 Å². The SMILES string of the molecule is Cc1cc(CC2CCNCC2)cc(C#N)c1C. The lowest BCUT2D eigenvalue weighted by Crippen LogP contribution is -2.28. The molecular weight excluding hydrogens is 208 g/mol. The second kappa shape index (κ2) is 5.33. The normalized spacial score (nSPS) is 16.8. The van der Waals surface area contributed by atoms with E-state index in [9.17, 15) is 0 Å². The van der Waals surface area contributed by atoms with Crippen molar-refractivity contribution in [1.29, 1.82) is 5.26 Å². The number of rotatable bonds is 2. The van der Waals surface area contributed by atoms with Crippen LogP contribution in [0.2, 0.25) is 0 Å². The van der Waals surface area contributed by atoms with Gasteiger partial charge in [-0.25, -0.2) is 0 Å². The fourth-order valence-corrected chi connectivity index (χ4v) is 2.59. The molecule has 90 valence electrons. The summed E-state index contributed by atoms with van der Waals surface area (Å²) in [4.78, 5) is 0. The van der Waals surface area contributed by atoms with E-state index in [1.165, 1.54) is 24.0 Å². The Labute approximate surface area is 104 Å². The number of hydrogen-bond acceptors (Lipinski definition) is 2. The van der Waals surface area contributed by atoms with Crippen LogP contribution >= 0.6 is 0 Å². The van der Waals surface area contributed by atoms with Gasteiger partial charge in [-0.3, -0.25) is 0 Å². The second-order valence-electron chi connectivity index (χ2n) is 5.09. The first-order chi connectivity index (χ1) is 8.20. The standard InChI is InChI=1S/C15H20N2/c1-11-7-14(9-15(10-16)12(11)2)8-13-3-5-17-6-4-13/h7,9,13,17H,3-6,8H2,1-2H3. The predicted molar refractivity (Wildman–Crippen MR) is 69.9 cm³/mol. The van der Waals surface area contributed by atoms with Crippen LogP contribution in [-0.2, 0) is 6.42 Å². The average molecular weight is 228 g/mol. The van der Waals surface area contributed by atoms with Crippen LogP contribution in [0.1, 0.15) is 35.1 Å². The van der Waals surface area contributed by atoms with E-state index in [1.54, 1.807) is 0 Å². The molecule has 0 radical (unpaired) electrons. The van der Waals surface area contributed by atoms with Crippen LogP contribution in [0, 0.1) is 31.1 Å². The zero-order chi connectivity index (χ0) is 12.3. The van der Waals surface area contributed by atoms with Gasteiger partial charge in [0.1, 0.15) is 0 Å². The Morgan fingerprint density at radius 2 is 2.00 bits per heavy atom. The molecule has 0 saturated carbocycles. The largest absolute Gasteiger partial charge is 0.317 e. The summed E-state index contributed by atoms with van der Waals surface area (Å²) in [6, 6.07) is 6.62. The van der Waals surface area contributed by atoms with Gasteiger partial charge in [-0.2, -0.15) is 5.26 Å². The first-order valence-corrected chi connectivity index (χ1v) is 6.41. The highest BCUT2D eigenvalue weighted by Gasteiger charge is 2.14. The van der Waals surface area contributed by atoms with Gasteiger partial charge in [-0.1, -0.05) is 6.07 Å². The fourth-order valence-electron chi connectivity index (χ4n) is 2.59. The van der Waals surface area contributed by atoms with E-state index in [0.29, 0.717) is 0 Å². The third-order valence-corrected chi connectivity index (χ3v) is 3.83. The monoisotopic (exact) mass is 228 g/mol. The molecule has 17 heavy (non-hydrogen) atoms. The Morgan fingerprint density at radius 1 is 1.29 bits per heavy atom. The molecular formula is C15H20N2. The molecule has 1 aromatic carbocycles. The number of hydrogen-bond donors (Lipinski definition) is 1. The topological polar surface area (TPSA) is 35.8 Å². The average Bonchev–Trinajstić information content (AvgIpc) is 2.35. The first-order valence-electron chi connectivity index (χ1n) is 6.41. The number of benzene rings is 1. The van der Waals surface area contributed by atoms with Gasteiger partial charge in [0.05, 0.1) is 11.6 Å². The molecule has 2 rings (SSSR count). The molecule has 1 aromatic rings. The van der Waals surface area contributed by atoms with Crippen molar-refractivity contribution in [3.8, 4) is 6.07 Å². The molecule has 0 atom stereocenters. The van der Waals surface area contributed by atoms with Crippen LogP contribution < -0.4 is 5.32 Å². The maximum atomic E-state index is 9.11. The minimum absolute atomic E-state index is 0.782. The van der Waals surface area contributed by atoms with Crippen molar-refractivity contribution < 1.29 is 0 Å². The van der Waals surface area contributed by atoms with Crippen molar-refractivity contribution in [2.24, 2.45) is 5.92 Å². The number of nitrogens with zero attached hydrogens (tertiary/aromatic N) is 1. The van der Waals surface area contributed by atoms with Gasteiger partial charge in [0.15, 0.2) is 0 Å². The molecule has 0 aromatic heterocycles. The number of aryl methyl sites for hydroxylation is 1. The Kier molecular flexibility index (Phi) is 3.81. The van der Waals surface area contributed by atoms with Gasteiger partial charge in [0.25, 0.3) is 0 Å². The number of nitrogens with one attached hydrogen (secondary N) is 1. The molecule has 0 unspecified atom stereocenters. The maximum Gasteiger partial charge on any atom is 0.0994 e. The molecule has 2 nitrogen and oxygen atoms in total. The van der Waals surface area contributed by atoms with Crippen LogP contribution in [-0.4, -0.2) is 13.1 Å². The number of piperidine rings is 1. The third kappa shape index (κ3) is 2.87. The maximum absolute atomic E-state index is 9.11. The van der Waals surface area contributed by atoms with Crippen molar-refractivity contribution in [1.82, 2.24) is 5.32 Å². The number of nitriles is 1. The van der Waals surface area contributed by atoms with E-state index >= 15 is 0 Å². The smallest absolute Gasteiger partial charge is 0.0994 e. The van der Waals surface area contributed by atoms with Gasteiger partial charge >= 0.3 is 0 Å². The van der Waals surface area contributed by atoms with Crippen molar-refractivity contribution in [2.45, 2.75) is 33.1 Å². The molecule has 1 heterocycles. The van der Waals surface area contributed by atoms with Crippen molar-refractivity contribution in [3.05, 3.63) is 34.4 Å². The summed E-state index contributed by atoms with van der Waals surface area (Å²) in [6.07, 6.45) is 3.64. The zero-order valence-corrected chi connectivity index (χ0v) is 10.7. The Morgan fingerprint density at radius 3 is 2.65 bits per heavy atom. The van der Waals surface area contributed by atoms with Gasteiger partial charge in [0.2, 0.25) is 0 Å². The third-order valence-electron chi connectivity index (χ3n) is 3.83. The molecule has 1 fully saturated rings. The van der Waals surface area contributed by atoms with Crippen molar-refractivity contribution in [3.63, 3.8) is 0 Å². The quantitative estimate of drug-likeness (QED) is 0.844. The molecule has 0 amide bonds. The molecule has 2 heteroatoms. The van der Waals surface area contributed by atoms with Gasteiger partial charge in [-0.05, 0) is 74.9 Å². The molecule has 1 saturated heterocycles. The fraction of sp³-hybridized carbons (Fsp3) is 0.533. The van der Waals surface area contributed by atoms with E-state index in [4.69, 9.17) is 5.26 Å². The lowest BCUT2D eigenvalue weighted by molar-refractivity contribution is 0.372. The molecule has 1 N–H and O–H groups in total. The summed E-state index contributed by atoms with van der Waals surface area (Å²) in [6.45, 7) is 6.41. The van der Waals surface area contributed by atoms with Crippen molar-refractivity contribution in [2.75, 3.05) is 13.1 Å². The van der Waals surface area contributed by atoms with E-state index in [0.717, 1.165) is 36.6 Å². The Bertz CT molecular complexity index is 437. The highest BCUT2D eigenvalue weighted by atomic mass is 14.9. The zero-order valence-electron chi connectivity index (χ0n) is 10.7. The summed E-state index contributed by atoms with van der Waals surface area (Å²) in [7, 11) is 0. The lowest BCUT2D eigenvalue weighted by Gasteiger charge is -2.23. The van der Waals surface area contributed by atoms with E-state index in [-0.39, 0.29) is 0 Å². The minimum atomic E-state index is 0.782. The van der Waals surface area contributed by atoms with Crippen LogP contribution in [0.5, 0.6) is 0 Å². The summed E-state index contributed by atoms with van der Waals surface area (Å²) in [5.41, 5.74) is 4.54. The molecule has 1 aliphatic rings. The summed E-state index contributed by atoms with van der Waals surface area (Å²) in [5, 5.41) is 12.5. The predicted octanol–water partition coefficient (Wildman–Crippen LogP) is 2.72. The van der Waals surface area contributed by atoms with Gasteiger partial charge in [-0.15, -0.1) is 0 Å². The van der Waals surface area contributed by atoms with Crippen LogP contribution in [0.25, 0.3) is 0 Å². The highest BCUT2D eigenvalue weighted by molar-refractivity contribution is 5.44. The van der Waals surface area contributed by atoms with E-state index in [2.05, 4.69) is 30.4 Å². The highest BCUT2D eigenvalue weighted by Crippen LogP contribution is 2.22. The first kappa shape index (κ1) is 12.1. The van der Waals surface area contributed by atoms with E-state index < -0.39 is 0 Å². The van der Waals surface area contributed by atoms with Crippen molar-refractivity contribution >= 4 is 0 Å². The molecule has 1 aliphatic heterocycles. The summed E-state index contributed by atoms with van der Waals surface area (Å²) >= 11 is 0. The second-order valence-corrected chi connectivity index (χ2v) is 5.09. The molecule has 0 spiro atoms. The summed E-state index contributed by atoms with van der Waals surface area (Å²) in [5.74, 6) is 0.782. The minimum Gasteiger partial charge on any atom is -0.317 e. The van der Waals surface area contributed by atoms with Crippen LogP contribution in [0.4, 0.5) is 0 Å². The Hall–Kier alpha value is -1.33. The van der Waals surface area contributed by atoms with Gasteiger partial charge in [0, 0.05) is 0 Å². The van der Waals surface area contributed by atoms with Crippen LogP contribution in [0.15, 0.2) is 12.1 Å². The van der Waals surface area contributed by atoms with Crippen LogP contribution in [0.3, 0.4) is 0 Å². The molecule has 0 aliphatic carbocycles. The molecule has 0 bridgehead atoms. The van der Waals surface area contributed by atoms with E-state index in [1.807, 2.05) is 6.92 Å². The summed E-state index contributed by atoms with van der Waals surface area (Å²) < 4.78 is 0. The lowest BCUT2D eigenvalue weighted by atomic mass is 9.89.